The van der Waals surface area contributed by atoms with Crippen molar-refractivity contribution in [3.8, 4) is 0 Å². The first-order valence-corrected chi connectivity index (χ1v) is 9.00. The van der Waals surface area contributed by atoms with Gasteiger partial charge in [-0.3, -0.25) is 4.79 Å². The average molecular weight is 332 g/mol. The normalized spacial score (nSPS) is 22.2. The fourth-order valence-corrected chi connectivity index (χ4v) is 3.22. The van der Waals surface area contributed by atoms with E-state index in [0.717, 1.165) is 12.8 Å². The smallest absolute Gasteiger partial charge is 0.261 e. The number of amides is 1. The van der Waals surface area contributed by atoms with Gasteiger partial charge in [-0.1, -0.05) is 0 Å². The first-order chi connectivity index (χ1) is 9.71. The van der Waals surface area contributed by atoms with Crippen LogP contribution in [0.15, 0.2) is 23.1 Å². The molecule has 116 valence electrons. The minimum absolute atomic E-state index is 0.00990. The first-order valence-electron chi connectivity index (χ1n) is 6.69. The Morgan fingerprint density at radius 1 is 1.48 bits per heavy atom. The van der Waals surface area contributed by atoms with Crippen LogP contribution in [0.3, 0.4) is 0 Å². The lowest BCUT2D eigenvalue weighted by Gasteiger charge is -2.23. The van der Waals surface area contributed by atoms with E-state index in [2.05, 4.69) is 5.32 Å². The van der Waals surface area contributed by atoms with Gasteiger partial charge in [-0.15, -0.1) is 0 Å². The Bertz CT molecular complexity index is 651. The van der Waals surface area contributed by atoms with Gasteiger partial charge in [0, 0.05) is 29.4 Å². The molecular formula is C14H18ClNO4S. The Morgan fingerprint density at radius 3 is 2.71 bits per heavy atom. The monoisotopic (exact) mass is 331 g/mol. The Balaban J connectivity index is 2.09. The first kappa shape index (κ1) is 16.3. The van der Waals surface area contributed by atoms with Gasteiger partial charge in [-0.05, 0) is 50.5 Å². The van der Waals surface area contributed by atoms with E-state index in [1.54, 1.807) is 6.92 Å². The zero-order chi connectivity index (χ0) is 15.7. The molecule has 1 aromatic rings. The van der Waals surface area contributed by atoms with Crippen molar-refractivity contribution < 1.29 is 17.9 Å². The van der Waals surface area contributed by atoms with Crippen LogP contribution in [0.4, 0.5) is 0 Å². The number of carbonyl (C=O) groups excluding carboxylic acids is 1. The largest absolute Gasteiger partial charge is 0.373 e. The van der Waals surface area contributed by atoms with Crippen LogP contribution >= 0.6 is 10.7 Å². The van der Waals surface area contributed by atoms with E-state index in [1.165, 1.54) is 18.2 Å². The molecule has 1 aromatic carbocycles. The van der Waals surface area contributed by atoms with Crippen LogP contribution in [0.1, 0.15) is 35.7 Å². The summed E-state index contributed by atoms with van der Waals surface area (Å²) in [6.07, 6.45) is 1.91. The molecule has 1 N–H and O–H groups in total. The van der Waals surface area contributed by atoms with Crippen molar-refractivity contribution in [1.82, 2.24) is 5.32 Å². The fourth-order valence-electron chi connectivity index (χ4n) is 2.38. The molecule has 0 aromatic heterocycles. The molecule has 1 unspecified atom stereocenters. The highest BCUT2D eigenvalue weighted by atomic mass is 35.7. The van der Waals surface area contributed by atoms with E-state index < -0.39 is 9.05 Å². The standard InChI is InChI=1S/C14H18ClNO4S/c1-10-8-11(21(15,18)19)4-5-12(10)13(17)16-9-14(2)6-3-7-20-14/h4-5,8H,3,6-7,9H2,1-2H3,(H,16,17). The minimum Gasteiger partial charge on any atom is -0.373 e. The van der Waals surface area contributed by atoms with Crippen LogP contribution in [0.25, 0.3) is 0 Å². The zero-order valence-electron chi connectivity index (χ0n) is 12.0. The van der Waals surface area contributed by atoms with E-state index in [0.29, 0.717) is 24.3 Å². The van der Waals surface area contributed by atoms with E-state index in [9.17, 15) is 13.2 Å². The molecule has 7 heteroatoms. The van der Waals surface area contributed by atoms with Crippen molar-refractivity contribution in [2.75, 3.05) is 13.2 Å². The van der Waals surface area contributed by atoms with Crippen molar-refractivity contribution in [3.05, 3.63) is 29.3 Å². The highest BCUT2D eigenvalue weighted by Gasteiger charge is 2.30. The topological polar surface area (TPSA) is 72.5 Å². The average Bonchev–Trinajstić information content (AvgIpc) is 2.82. The summed E-state index contributed by atoms with van der Waals surface area (Å²) in [5, 5.41) is 2.83. The van der Waals surface area contributed by atoms with Crippen LogP contribution in [0, 0.1) is 6.92 Å². The molecule has 0 saturated carbocycles. The lowest BCUT2D eigenvalue weighted by molar-refractivity contribution is 0.0206. The third-order valence-corrected chi connectivity index (χ3v) is 5.00. The van der Waals surface area contributed by atoms with E-state index >= 15 is 0 Å². The molecule has 0 bridgehead atoms. The lowest BCUT2D eigenvalue weighted by Crippen LogP contribution is -2.40. The summed E-state index contributed by atoms with van der Waals surface area (Å²) in [5.41, 5.74) is 0.676. The van der Waals surface area contributed by atoms with Gasteiger partial charge in [0.1, 0.15) is 0 Å². The molecule has 1 atom stereocenters. The van der Waals surface area contributed by atoms with Crippen LogP contribution in [0.5, 0.6) is 0 Å². The van der Waals surface area contributed by atoms with Crippen molar-refractivity contribution in [3.63, 3.8) is 0 Å². The van der Waals surface area contributed by atoms with E-state index in [4.69, 9.17) is 15.4 Å². The maximum Gasteiger partial charge on any atom is 0.261 e. The maximum absolute atomic E-state index is 12.2. The van der Waals surface area contributed by atoms with Gasteiger partial charge < -0.3 is 10.1 Å². The molecular weight excluding hydrogens is 314 g/mol. The Kier molecular flexibility index (Phi) is 4.60. The Hall–Kier alpha value is -1.11. The number of nitrogens with one attached hydrogen (secondary N) is 1. The van der Waals surface area contributed by atoms with Crippen LogP contribution in [-0.2, 0) is 13.8 Å². The van der Waals surface area contributed by atoms with Gasteiger partial charge in [-0.25, -0.2) is 8.42 Å². The van der Waals surface area contributed by atoms with Crippen molar-refractivity contribution in [2.24, 2.45) is 0 Å². The number of aryl methyl sites for hydroxylation is 1. The molecule has 0 radical (unpaired) electrons. The number of hydrogen-bond donors (Lipinski definition) is 1. The minimum atomic E-state index is -3.78. The summed E-state index contributed by atoms with van der Waals surface area (Å²) in [5.74, 6) is -0.247. The maximum atomic E-state index is 12.2. The molecule has 21 heavy (non-hydrogen) atoms. The number of hydrogen-bond acceptors (Lipinski definition) is 4. The highest BCUT2D eigenvalue weighted by Crippen LogP contribution is 2.24. The lowest BCUT2D eigenvalue weighted by atomic mass is 10.0. The predicted molar refractivity (Wildman–Crippen MR) is 80.1 cm³/mol. The van der Waals surface area contributed by atoms with Gasteiger partial charge in [0.05, 0.1) is 10.5 Å². The molecule has 1 aliphatic heterocycles. The van der Waals surface area contributed by atoms with E-state index in [-0.39, 0.29) is 16.4 Å². The number of carbonyl (C=O) groups is 1. The summed E-state index contributed by atoms with van der Waals surface area (Å²) in [6.45, 7) is 4.79. The molecule has 1 saturated heterocycles. The van der Waals surface area contributed by atoms with Crippen molar-refractivity contribution in [1.29, 1.82) is 0 Å². The SMILES string of the molecule is Cc1cc(S(=O)(=O)Cl)ccc1C(=O)NCC1(C)CCCO1. The third kappa shape index (κ3) is 3.96. The van der Waals surface area contributed by atoms with Crippen LogP contribution in [0.2, 0.25) is 0 Å². The Morgan fingerprint density at radius 2 is 2.19 bits per heavy atom. The molecule has 0 aliphatic carbocycles. The molecule has 1 heterocycles. The fraction of sp³-hybridized carbons (Fsp3) is 0.500. The number of ether oxygens (including phenoxy) is 1. The molecule has 1 fully saturated rings. The van der Waals surface area contributed by atoms with Gasteiger partial charge in [-0.2, -0.15) is 0 Å². The summed E-state index contributed by atoms with van der Waals surface area (Å²) < 4.78 is 28.1. The molecule has 5 nitrogen and oxygen atoms in total. The molecule has 1 aliphatic rings. The molecule has 1 amide bonds. The molecule has 0 spiro atoms. The summed E-state index contributed by atoms with van der Waals surface area (Å²) in [4.78, 5) is 12.2. The summed E-state index contributed by atoms with van der Waals surface area (Å²) in [6, 6.07) is 4.20. The number of benzene rings is 1. The Labute approximate surface area is 129 Å². The van der Waals surface area contributed by atoms with Gasteiger partial charge >= 0.3 is 0 Å². The van der Waals surface area contributed by atoms with Gasteiger partial charge in [0.15, 0.2) is 0 Å². The molecule has 2 rings (SSSR count). The van der Waals surface area contributed by atoms with Crippen LogP contribution < -0.4 is 5.32 Å². The van der Waals surface area contributed by atoms with Crippen molar-refractivity contribution >= 4 is 25.6 Å². The quantitative estimate of drug-likeness (QED) is 0.859. The highest BCUT2D eigenvalue weighted by molar-refractivity contribution is 8.13. The second-order valence-corrected chi connectivity index (χ2v) is 8.07. The third-order valence-electron chi connectivity index (χ3n) is 3.65. The second-order valence-electron chi connectivity index (χ2n) is 5.50. The number of halogens is 1. The number of rotatable bonds is 4. The van der Waals surface area contributed by atoms with Crippen LogP contribution in [-0.4, -0.2) is 33.1 Å². The summed E-state index contributed by atoms with van der Waals surface area (Å²) in [7, 11) is 1.50. The predicted octanol–water partition coefficient (Wildman–Crippen LogP) is 2.22. The van der Waals surface area contributed by atoms with Gasteiger partial charge in [0.25, 0.3) is 15.0 Å². The van der Waals surface area contributed by atoms with E-state index in [1.807, 2.05) is 6.92 Å². The zero-order valence-corrected chi connectivity index (χ0v) is 13.6. The van der Waals surface area contributed by atoms with Crippen molar-refractivity contribution in [2.45, 2.75) is 37.2 Å². The van der Waals surface area contributed by atoms with Gasteiger partial charge in [0.2, 0.25) is 0 Å². The second kappa shape index (κ2) is 5.94. The summed E-state index contributed by atoms with van der Waals surface area (Å²) >= 11 is 0.